The van der Waals surface area contributed by atoms with Gasteiger partial charge in [-0.05, 0) is 26.8 Å². The van der Waals surface area contributed by atoms with Gasteiger partial charge in [0.1, 0.15) is 12.0 Å². The molecule has 2 heterocycles. The molecule has 1 aliphatic heterocycles. The Labute approximate surface area is 111 Å². The second-order valence-corrected chi connectivity index (χ2v) is 5.44. The van der Waals surface area contributed by atoms with Gasteiger partial charge in [-0.1, -0.05) is 0 Å². The molecule has 0 bridgehead atoms. The van der Waals surface area contributed by atoms with Crippen LogP contribution in [0.25, 0.3) is 0 Å². The maximum Gasteiger partial charge on any atom is 0.351 e. The molecule has 1 aliphatic rings. The van der Waals surface area contributed by atoms with Crippen LogP contribution < -0.4 is 10.6 Å². The zero-order valence-electron chi connectivity index (χ0n) is 11.0. The summed E-state index contributed by atoms with van der Waals surface area (Å²) in [4.78, 5) is 18.3. The largest absolute Gasteiger partial charge is 0.354 e. The van der Waals surface area contributed by atoms with Crippen molar-refractivity contribution in [2.24, 2.45) is 0 Å². The van der Waals surface area contributed by atoms with Gasteiger partial charge in [-0.3, -0.25) is 4.57 Å². The Kier molecular flexibility index (Phi) is 4.29. The predicted molar refractivity (Wildman–Crippen MR) is 74.1 cm³/mol. The van der Waals surface area contributed by atoms with Crippen molar-refractivity contribution in [2.45, 2.75) is 33.0 Å². The average Bonchev–Trinajstić information content (AvgIpc) is 2.83. The van der Waals surface area contributed by atoms with Crippen molar-refractivity contribution in [1.82, 2.24) is 9.55 Å². The van der Waals surface area contributed by atoms with Crippen LogP contribution in [0.2, 0.25) is 0 Å². The molecule has 1 saturated heterocycles. The maximum absolute atomic E-state index is 12.0. The van der Waals surface area contributed by atoms with Crippen molar-refractivity contribution in [2.75, 3.05) is 23.1 Å². The minimum atomic E-state index is -0.237. The highest BCUT2D eigenvalue weighted by Crippen LogP contribution is 2.23. The van der Waals surface area contributed by atoms with E-state index in [1.54, 1.807) is 22.5 Å². The summed E-state index contributed by atoms with van der Waals surface area (Å²) in [6, 6.07) is 2.22. The second-order valence-electron chi connectivity index (χ2n) is 4.47. The van der Waals surface area contributed by atoms with Crippen LogP contribution in [-0.2, 0) is 4.74 Å². The molecule has 1 fully saturated rings. The van der Waals surface area contributed by atoms with E-state index in [2.05, 4.69) is 30.7 Å². The van der Waals surface area contributed by atoms with Crippen LogP contribution >= 0.6 is 11.8 Å². The lowest BCUT2D eigenvalue weighted by molar-refractivity contribution is 0.0639. The summed E-state index contributed by atoms with van der Waals surface area (Å²) in [6.45, 7) is 7.08. The number of aromatic nitrogens is 2. The van der Waals surface area contributed by atoms with Crippen LogP contribution in [0, 0.1) is 0 Å². The number of rotatable bonds is 4. The highest BCUT2D eigenvalue weighted by atomic mass is 32.2. The van der Waals surface area contributed by atoms with Crippen LogP contribution in [0.1, 0.15) is 27.0 Å². The van der Waals surface area contributed by atoms with E-state index in [4.69, 9.17) is 4.74 Å². The molecule has 6 heteroatoms. The second kappa shape index (κ2) is 5.75. The van der Waals surface area contributed by atoms with Gasteiger partial charge in [-0.2, -0.15) is 4.98 Å². The number of hydrogen-bond acceptors (Lipinski definition) is 5. The van der Waals surface area contributed by atoms with Gasteiger partial charge in [0.2, 0.25) is 0 Å². The number of nitrogens with zero attached hydrogens (tertiary/aromatic N) is 3. The third kappa shape index (κ3) is 2.70. The minimum Gasteiger partial charge on any atom is -0.354 e. The molecule has 0 aromatic carbocycles. The Morgan fingerprint density at radius 1 is 1.67 bits per heavy atom. The normalized spacial score (nSPS) is 19.4. The van der Waals surface area contributed by atoms with E-state index in [0.717, 1.165) is 18.1 Å². The summed E-state index contributed by atoms with van der Waals surface area (Å²) in [5, 5.41) is 0. The third-order valence-electron chi connectivity index (χ3n) is 2.99. The van der Waals surface area contributed by atoms with Crippen LogP contribution in [0.3, 0.4) is 0 Å². The van der Waals surface area contributed by atoms with Gasteiger partial charge in [-0.25, -0.2) is 4.79 Å². The van der Waals surface area contributed by atoms with E-state index in [-0.39, 0.29) is 11.9 Å². The van der Waals surface area contributed by atoms with Crippen molar-refractivity contribution < 1.29 is 4.74 Å². The zero-order chi connectivity index (χ0) is 13.1. The van der Waals surface area contributed by atoms with E-state index in [9.17, 15) is 4.79 Å². The molecule has 5 nitrogen and oxygen atoms in total. The average molecular weight is 269 g/mol. The molecule has 0 aliphatic carbocycles. The molecule has 0 spiro atoms. The Morgan fingerprint density at radius 3 is 2.94 bits per heavy atom. The van der Waals surface area contributed by atoms with E-state index in [1.807, 2.05) is 6.07 Å². The van der Waals surface area contributed by atoms with Gasteiger partial charge in [0, 0.05) is 24.5 Å². The van der Waals surface area contributed by atoms with E-state index < -0.39 is 0 Å². The number of hydrogen-bond donors (Lipinski definition) is 0. The summed E-state index contributed by atoms with van der Waals surface area (Å²) in [5.74, 6) is 2.19. The topological polar surface area (TPSA) is 47.4 Å². The molecule has 0 amide bonds. The Bertz CT molecular complexity index is 455. The summed E-state index contributed by atoms with van der Waals surface area (Å²) < 4.78 is 7.03. The van der Waals surface area contributed by atoms with Crippen LogP contribution in [0.15, 0.2) is 17.1 Å². The van der Waals surface area contributed by atoms with Gasteiger partial charge in [-0.15, -0.1) is 11.8 Å². The highest BCUT2D eigenvalue weighted by Gasteiger charge is 2.20. The Balaban J connectivity index is 2.26. The molecule has 2 rings (SSSR count). The van der Waals surface area contributed by atoms with Gasteiger partial charge in [0.05, 0.1) is 5.94 Å². The Morgan fingerprint density at radius 2 is 2.44 bits per heavy atom. The molecule has 100 valence electrons. The SMILES string of the molecule is CCN(c1ccn([C@@H]2CSCO2)c(=O)n1)C(C)C. The van der Waals surface area contributed by atoms with Crippen molar-refractivity contribution in [3.05, 3.63) is 22.7 Å². The van der Waals surface area contributed by atoms with Crippen LogP contribution in [-0.4, -0.2) is 33.8 Å². The first-order chi connectivity index (χ1) is 8.63. The molecule has 0 N–H and O–H groups in total. The van der Waals surface area contributed by atoms with E-state index in [0.29, 0.717) is 12.0 Å². The number of ether oxygens (including phenoxy) is 1. The Hall–Kier alpha value is -1.01. The molecule has 0 unspecified atom stereocenters. The van der Waals surface area contributed by atoms with Gasteiger partial charge in [0.25, 0.3) is 0 Å². The maximum atomic E-state index is 12.0. The summed E-state index contributed by atoms with van der Waals surface area (Å²) >= 11 is 1.69. The molecule has 1 atom stereocenters. The fourth-order valence-electron chi connectivity index (χ4n) is 2.06. The molecule has 0 saturated carbocycles. The molecule has 1 aromatic rings. The molecule has 0 radical (unpaired) electrons. The van der Waals surface area contributed by atoms with E-state index >= 15 is 0 Å². The van der Waals surface area contributed by atoms with Crippen LogP contribution in [0.4, 0.5) is 5.82 Å². The van der Waals surface area contributed by atoms with Gasteiger partial charge >= 0.3 is 5.69 Å². The fourth-order valence-corrected chi connectivity index (χ4v) is 2.87. The number of anilines is 1. The molecular weight excluding hydrogens is 250 g/mol. The first-order valence-corrected chi connectivity index (χ1v) is 7.34. The van der Waals surface area contributed by atoms with Crippen LogP contribution in [0.5, 0.6) is 0 Å². The smallest absolute Gasteiger partial charge is 0.351 e. The number of thioether (sulfide) groups is 1. The fraction of sp³-hybridized carbons (Fsp3) is 0.667. The summed E-state index contributed by atoms with van der Waals surface area (Å²) in [5.41, 5.74) is -0.237. The van der Waals surface area contributed by atoms with Crippen molar-refractivity contribution in [3.8, 4) is 0 Å². The van der Waals surface area contributed by atoms with Crippen molar-refractivity contribution >= 4 is 17.6 Å². The van der Waals surface area contributed by atoms with Crippen molar-refractivity contribution in [1.29, 1.82) is 0 Å². The molecule has 1 aromatic heterocycles. The highest BCUT2D eigenvalue weighted by molar-refractivity contribution is 7.99. The first kappa shape index (κ1) is 13.4. The molecule has 18 heavy (non-hydrogen) atoms. The summed E-state index contributed by atoms with van der Waals surface area (Å²) in [7, 11) is 0. The minimum absolute atomic E-state index is 0.168. The lowest BCUT2D eigenvalue weighted by Gasteiger charge is -2.26. The quantitative estimate of drug-likeness (QED) is 0.832. The lowest BCUT2D eigenvalue weighted by Crippen LogP contribution is -2.35. The third-order valence-corrected chi connectivity index (χ3v) is 3.81. The monoisotopic (exact) mass is 269 g/mol. The predicted octanol–water partition coefficient (Wildman–Crippen LogP) is 1.70. The standard InChI is InChI=1S/C12H19N3O2S/c1-4-14(9(2)3)10-5-6-15(12(16)13-10)11-7-18-8-17-11/h5-6,9,11H,4,7-8H2,1-3H3/t11-/m0/s1. The first-order valence-electron chi connectivity index (χ1n) is 6.18. The van der Waals surface area contributed by atoms with E-state index in [1.165, 1.54) is 0 Å². The summed E-state index contributed by atoms with van der Waals surface area (Å²) in [6.07, 6.45) is 1.62. The van der Waals surface area contributed by atoms with Gasteiger partial charge in [0.15, 0.2) is 0 Å². The van der Waals surface area contributed by atoms with Gasteiger partial charge < -0.3 is 9.64 Å². The molecular formula is C12H19N3O2S. The van der Waals surface area contributed by atoms with Crippen molar-refractivity contribution in [3.63, 3.8) is 0 Å². The lowest BCUT2D eigenvalue weighted by atomic mass is 10.3. The zero-order valence-corrected chi connectivity index (χ0v) is 11.8.